The fourth-order valence-electron chi connectivity index (χ4n) is 7.31. The number of carbonyl (C=O) groups is 3. The number of amides is 3. The van der Waals surface area contributed by atoms with Crippen molar-refractivity contribution in [1.29, 1.82) is 0 Å². The summed E-state index contributed by atoms with van der Waals surface area (Å²) in [6.07, 6.45) is 0.834. The van der Waals surface area contributed by atoms with Crippen LogP contribution in [0.2, 0.25) is 0 Å². The summed E-state index contributed by atoms with van der Waals surface area (Å²) in [5.41, 5.74) is 2.74. The molecule has 3 heterocycles. The van der Waals surface area contributed by atoms with Gasteiger partial charge in [0, 0.05) is 21.7 Å². The van der Waals surface area contributed by atoms with Crippen LogP contribution in [0.3, 0.4) is 0 Å². The van der Waals surface area contributed by atoms with Gasteiger partial charge in [-0.15, -0.1) is 11.8 Å². The number of thioether (sulfide) groups is 1. The molecule has 3 aromatic rings. The number of imide groups is 1. The normalized spacial score (nSPS) is 31.3. The van der Waals surface area contributed by atoms with Gasteiger partial charge < -0.3 is 10.3 Å². The quantitative estimate of drug-likeness (QED) is 0.498. The first-order valence-electron chi connectivity index (χ1n) is 12.6. The second-order valence-corrected chi connectivity index (χ2v) is 12.7. The van der Waals surface area contributed by atoms with E-state index < -0.39 is 5.92 Å². The molecule has 2 aliphatic carbocycles. The Bertz CT molecular complexity index is 1500. The van der Waals surface area contributed by atoms with Crippen molar-refractivity contribution in [3.8, 4) is 0 Å². The number of nitrogens with zero attached hydrogens (tertiary/aromatic N) is 1. The van der Waals surface area contributed by atoms with Crippen LogP contribution in [0.5, 0.6) is 0 Å². The summed E-state index contributed by atoms with van der Waals surface area (Å²) in [5.74, 6) is -1.31. The van der Waals surface area contributed by atoms with Crippen molar-refractivity contribution in [1.82, 2.24) is 9.88 Å². The number of hydrogen-bond donors (Lipinski definition) is 2. The van der Waals surface area contributed by atoms with Gasteiger partial charge >= 0.3 is 4.87 Å². The Morgan fingerprint density at radius 3 is 2.46 bits per heavy atom. The second-order valence-electron chi connectivity index (χ2n) is 10.5. The van der Waals surface area contributed by atoms with Gasteiger partial charge in [-0.1, -0.05) is 59.9 Å². The highest BCUT2D eigenvalue weighted by atomic mass is 32.2. The summed E-state index contributed by atoms with van der Waals surface area (Å²) in [6.45, 7) is 1.64. The topological polar surface area (TPSA) is 99.3 Å². The fraction of sp³-hybridized carbons (Fsp3) is 0.357. The number of thiazole rings is 1. The molecule has 2 saturated carbocycles. The van der Waals surface area contributed by atoms with Crippen molar-refractivity contribution < 1.29 is 14.4 Å². The minimum absolute atomic E-state index is 0.0173. The van der Waals surface area contributed by atoms with Gasteiger partial charge in [-0.25, -0.2) is 0 Å². The zero-order chi connectivity index (χ0) is 25.4. The molecule has 6 unspecified atom stereocenters. The number of aromatic amines is 1. The molecule has 1 saturated heterocycles. The maximum absolute atomic E-state index is 13.7. The zero-order valence-corrected chi connectivity index (χ0v) is 21.7. The Morgan fingerprint density at radius 2 is 1.70 bits per heavy atom. The van der Waals surface area contributed by atoms with Gasteiger partial charge in [0.15, 0.2) is 0 Å². The molecule has 2 aliphatic heterocycles. The fourth-order valence-corrected chi connectivity index (χ4v) is 10.2. The number of rotatable bonds is 4. The van der Waals surface area contributed by atoms with Crippen molar-refractivity contribution in [2.24, 2.45) is 29.6 Å². The lowest BCUT2D eigenvalue weighted by atomic mass is 9.68. The number of benzene rings is 2. The lowest BCUT2D eigenvalue weighted by molar-refractivity contribution is -0.143. The van der Waals surface area contributed by atoms with Crippen molar-refractivity contribution in [2.45, 2.75) is 29.5 Å². The van der Waals surface area contributed by atoms with Crippen LogP contribution >= 0.6 is 23.1 Å². The Morgan fingerprint density at radius 1 is 1.00 bits per heavy atom. The summed E-state index contributed by atoms with van der Waals surface area (Å²) in [6, 6.07) is 17.6. The molecule has 3 amide bonds. The summed E-state index contributed by atoms with van der Waals surface area (Å²) in [5, 5.41) is 3.90. The van der Waals surface area contributed by atoms with Crippen LogP contribution in [-0.2, 0) is 14.4 Å². The lowest BCUT2D eigenvalue weighted by Crippen LogP contribution is -2.42. The van der Waals surface area contributed by atoms with Gasteiger partial charge in [0.2, 0.25) is 17.7 Å². The number of likely N-dealkylation sites (tertiary alicyclic amines) is 1. The monoisotopic (exact) mass is 531 g/mol. The number of anilines is 1. The molecule has 7 nitrogen and oxygen atoms in total. The molecule has 2 N–H and O–H groups in total. The molecule has 7 atom stereocenters. The first kappa shape index (κ1) is 23.0. The molecule has 0 spiro atoms. The highest BCUT2D eigenvalue weighted by Crippen LogP contribution is 2.68. The second kappa shape index (κ2) is 8.43. The molecule has 7 rings (SSSR count). The van der Waals surface area contributed by atoms with E-state index in [1.54, 1.807) is 11.8 Å². The van der Waals surface area contributed by atoms with Gasteiger partial charge in [-0.3, -0.25) is 24.1 Å². The van der Waals surface area contributed by atoms with Gasteiger partial charge in [-0.05, 0) is 48.3 Å². The average molecular weight is 532 g/mol. The van der Waals surface area contributed by atoms with E-state index in [1.165, 1.54) is 16.2 Å². The van der Waals surface area contributed by atoms with Crippen molar-refractivity contribution >= 4 is 46.5 Å². The molecule has 4 aliphatic rings. The number of H-pyrrole nitrogens is 1. The van der Waals surface area contributed by atoms with Gasteiger partial charge in [0.25, 0.3) is 0 Å². The van der Waals surface area contributed by atoms with E-state index in [1.807, 2.05) is 49.4 Å². The third kappa shape index (κ3) is 3.40. The predicted molar refractivity (Wildman–Crippen MR) is 141 cm³/mol. The highest BCUT2D eigenvalue weighted by Gasteiger charge is 2.69. The van der Waals surface area contributed by atoms with Crippen molar-refractivity contribution in [2.75, 3.05) is 11.9 Å². The zero-order valence-electron chi connectivity index (χ0n) is 20.0. The molecule has 9 heteroatoms. The number of para-hydroxylation sites is 1. The molecule has 2 bridgehead atoms. The van der Waals surface area contributed by atoms with E-state index in [0.29, 0.717) is 5.69 Å². The SMILES string of the molecule is Cc1ccccc1NC(=O)CN1C(=O)C2C3CC(C2C1=O)C1C3Sc2[nH]c(=O)sc2[C@@H]1c1ccccc1. The molecule has 188 valence electrons. The Kier molecular flexibility index (Phi) is 5.23. The van der Waals surface area contributed by atoms with E-state index in [-0.39, 0.29) is 64.0 Å². The summed E-state index contributed by atoms with van der Waals surface area (Å²) in [7, 11) is 0. The van der Waals surface area contributed by atoms with Gasteiger partial charge in [0.1, 0.15) is 6.54 Å². The number of hydrogen-bond acceptors (Lipinski definition) is 6. The summed E-state index contributed by atoms with van der Waals surface area (Å²) in [4.78, 5) is 57.6. The molecule has 3 fully saturated rings. The third-order valence-corrected chi connectivity index (χ3v) is 11.3. The number of aromatic nitrogens is 1. The molecular weight excluding hydrogens is 506 g/mol. The van der Waals surface area contributed by atoms with E-state index >= 15 is 0 Å². The minimum atomic E-state index is -0.394. The van der Waals surface area contributed by atoms with Gasteiger partial charge in [-0.2, -0.15) is 0 Å². The van der Waals surface area contributed by atoms with Crippen LogP contribution in [0.4, 0.5) is 5.69 Å². The molecule has 0 radical (unpaired) electrons. The number of carbonyl (C=O) groups excluding carboxylic acids is 3. The molecule has 2 aromatic carbocycles. The van der Waals surface area contributed by atoms with Crippen LogP contribution in [0.25, 0.3) is 0 Å². The first-order valence-corrected chi connectivity index (χ1v) is 14.3. The Labute approximate surface area is 221 Å². The van der Waals surface area contributed by atoms with Crippen molar-refractivity contribution in [3.63, 3.8) is 0 Å². The largest absolute Gasteiger partial charge is 0.324 e. The first-order chi connectivity index (χ1) is 17.9. The van der Waals surface area contributed by atoms with E-state index in [2.05, 4.69) is 22.4 Å². The van der Waals surface area contributed by atoms with Crippen LogP contribution in [-0.4, -0.2) is 39.4 Å². The highest BCUT2D eigenvalue weighted by molar-refractivity contribution is 8.00. The van der Waals surface area contributed by atoms with Crippen LogP contribution in [0.15, 0.2) is 64.4 Å². The van der Waals surface area contributed by atoms with Crippen LogP contribution in [0.1, 0.15) is 28.3 Å². The lowest BCUT2D eigenvalue weighted by Gasteiger charge is -2.43. The number of nitrogens with one attached hydrogen (secondary N) is 2. The van der Waals surface area contributed by atoms with Crippen LogP contribution < -0.4 is 10.2 Å². The molecule has 37 heavy (non-hydrogen) atoms. The molecular formula is C28H25N3O4S2. The smallest absolute Gasteiger partial charge is 0.305 e. The van der Waals surface area contributed by atoms with E-state index in [0.717, 1.165) is 27.5 Å². The average Bonchev–Trinajstić information content (AvgIpc) is 3.62. The summed E-state index contributed by atoms with van der Waals surface area (Å²) < 4.78 is 0. The maximum Gasteiger partial charge on any atom is 0.305 e. The Hall–Kier alpha value is -3.17. The number of fused-ring (bicyclic) bond motifs is 9. The Balaban J connectivity index is 1.19. The number of aryl methyl sites for hydroxylation is 1. The minimum Gasteiger partial charge on any atom is -0.324 e. The van der Waals surface area contributed by atoms with E-state index in [9.17, 15) is 19.2 Å². The standard InChI is InChI=1S/C28H25N3O4S2/c1-13-7-5-6-10-17(13)29-18(32)12-31-26(33)21-15-11-16(22(21)27(31)34)23-20(15)19(14-8-3-2-4-9-14)24-25(36-23)30-28(35)37-24/h2-10,15-16,19-23H,11-12H2,1H3,(H,29,32)(H,30,35)/t15?,16?,19-,20?,21?,22?,23?/m1/s1. The predicted octanol–water partition coefficient (Wildman–Crippen LogP) is 3.86. The summed E-state index contributed by atoms with van der Waals surface area (Å²) >= 11 is 2.93. The van der Waals surface area contributed by atoms with Crippen LogP contribution in [0, 0.1) is 36.5 Å². The van der Waals surface area contributed by atoms with Crippen molar-refractivity contribution in [3.05, 3.63) is 80.3 Å². The third-order valence-electron chi connectivity index (χ3n) is 8.69. The maximum atomic E-state index is 13.7. The van der Waals surface area contributed by atoms with Gasteiger partial charge in [0.05, 0.1) is 16.9 Å². The van der Waals surface area contributed by atoms with E-state index in [4.69, 9.17) is 0 Å². The molecule has 1 aromatic heterocycles.